The molecule has 0 aliphatic heterocycles. The Labute approximate surface area is 365 Å². The summed E-state index contributed by atoms with van der Waals surface area (Å²) in [5, 5.41) is 2.58. The van der Waals surface area contributed by atoms with E-state index in [2.05, 4.69) is 206 Å². The Morgan fingerprint density at radius 2 is 0.871 bits per heavy atom. The molecule has 0 unspecified atom stereocenters. The maximum absolute atomic E-state index is 5.15. The first-order valence-electron chi connectivity index (χ1n) is 21.2. The maximum Gasteiger partial charge on any atom is 0.160 e. The van der Waals surface area contributed by atoms with Crippen LogP contribution in [0, 0.1) is 0 Å². The van der Waals surface area contributed by atoms with Gasteiger partial charge in [0, 0.05) is 36.9 Å². The second-order valence-corrected chi connectivity index (χ2v) is 17.1. The van der Waals surface area contributed by atoms with E-state index in [0.717, 1.165) is 33.6 Å². The highest BCUT2D eigenvalue weighted by Crippen LogP contribution is 2.59. The summed E-state index contributed by atoms with van der Waals surface area (Å²) in [6, 6.07) is 83.5. The summed E-state index contributed by atoms with van der Waals surface area (Å²) < 4.78 is 2.57. The van der Waals surface area contributed by atoms with Crippen molar-refractivity contribution in [3.05, 3.63) is 253 Å². The number of hydrogen-bond donors (Lipinski definition) is 0. The summed E-state index contributed by atoms with van der Waals surface area (Å²) in [7, 11) is 0. The van der Waals surface area contributed by atoms with Gasteiger partial charge in [-0.15, -0.1) is 11.3 Å². The fraction of sp³-hybridized carbons (Fsp3) is 0.0169. The van der Waals surface area contributed by atoms with E-state index in [1.807, 2.05) is 35.6 Å². The highest BCUT2D eigenvalue weighted by atomic mass is 32.1. The lowest BCUT2D eigenvalue weighted by atomic mass is 9.67. The van der Waals surface area contributed by atoms with Crippen molar-refractivity contribution in [1.82, 2.24) is 9.97 Å². The van der Waals surface area contributed by atoms with E-state index in [0.29, 0.717) is 5.82 Å². The Morgan fingerprint density at radius 3 is 1.56 bits per heavy atom. The first kappa shape index (κ1) is 36.2. The van der Waals surface area contributed by atoms with Crippen molar-refractivity contribution in [2.24, 2.45) is 0 Å². The van der Waals surface area contributed by atoms with Crippen LogP contribution in [0.25, 0.3) is 87.5 Å². The third-order valence-electron chi connectivity index (χ3n) is 12.6. The van der Waals surface area contributed by atoms with Gasteiger partial charge in [0.2, 0.25) is 0 Å². The Kier molecular flexibility index (Phi) is 8.62. The molecule has 1 aliphatic carbocycles. The van der Waals surface area contributed by atoms with Gasteiger partial charge in [-0.05, 0) is 73.8 Å². The van der Waals surface area contributed by atoms with Crippen LogP contribution >= 0.6 is 11.3 Å². The lowest BCUT2D eigenvalue weighted by Crippen LogP contribution is -2.28. The minimum atomic E-state index is -0.494. The Bertz CT molecular complexity index is 3330. The average molecular weight is 807 g/mol. The van der Waals surface area contributed by atoms with E-state index >= 15 is 0 Å². The van der Waals surface area contributed by atoms with Crippen molar-refractivity contribution in [3.8, 4) is 67.3 Å². The van der Waals surface area contributed by atoms with E-state index in [-0.39, 0.29) is 0 Å². The highest BCUT2D eigenvalue weighted by Gasteiger charge is 2.47. The Balaban J connectivity index is 1.09. The summed E-state index contributed by atoms with van der Waals surface area (Å²) in [6.07, 6.45) is 0. The van der Waals surface area contributed by atoms with Crippen molar-refractivity contribution in [2.75, 3.05) is 0 Å². The molecule has 290 valence electrons. The minimum absolute atomic E-state index is 0.494. The molecule has 0 radical (unpaired) electrons. The second kappa shape index (κ2) is 14.8. The molecule has 0 saturated heterocycles. The van der Waals surface area contributed by atoms with Crippen molar-refractivity contribution in [1.29, 1.82) is 0 Å². The largest absolute Gasteiger partial charge is 0.228 e. The van der Waals surface area contributed by atoms with Crippen LogP contribution in [0.1, 0.15) is 22.3 Å². The number of benzene rings is 9. The summed E-state index contributed by atoms with van der Waals surface area (Å²) in [6.45, 7) is 0. The number of aromatic nitrogens is 2. The van der Waals surface area contributed by atoms with Crippen LogP contribution in [0.5, 0.6) is 0 Å². The maximum atomic E-state index is 5.15. The van der Waals surface area contributed by atoms with Crippen LogP contribution in [0.3, 0.4) is 0 Å². The predicted octanol–water partition coefficient (Wildman–Crippen LogP) is 15.5. The van der Waals surface area contributed by atoms with Crippen molar-refractivity contribution in [3.63, 3.8) is 0 Å². The first-order valence-corrected chi connectivity index (χ1v) is 22.0. The summed E-state index contributed by atoms with van der Waals surface area (Å²) in [5.74, 6) is 0.711. The molecule has 9 aromatic carbocycles. The topological polar surface area (TPSA) is 25.8 Å². The van der Waals surface area contributed by atoms with Crippen LogP contribution < -0.4 is 0 Å². The summed E-state index contributed by atoms with van der Waals surface area (Å²) in [4.78, 5) is 10.2. The van der Waals surface area contributed by atoms with E-state index in [1.165, 1.54) is 70.2 Å². The van der Waals surface area contributed by atoms with Crippen molar-refractivity contribution in [2.45, 2.75) is 5.41 Å². The molecule has 0 N–H and O–H groups in total. The summed E-state index contributed by atoms with van der Waals surface area (Å²) >= 11 is 1.87. The van der Waals surface area contributed by atoms with Gasteiger partial charge in [0.05, 0.1) is 16.8 Å². The molecule has 11 aromatic rings. The fourth-order valence-electron chi connectivity index (χ4n) is 9.93. The van der Waals surface area contributed by atoms with Crippen molar-refractivity contribution >= 4 is 31.5 Å². The Hall–Kier alpha value is -7.72. The molecular weight excluding hydrogens is 769 g/mol. The Morgan fingerprint density at radius 1 is 0.339 bits per heavy atom. The molecule has 1 aliphatic rings. The fourth-order valence-corrected chi connectivity index (χ4v) is 11.0. The van der Waals surface area contributed by atoms with E-state index in [4.69, 9.17) is 9.97 Å². The standard InChI is InChI=1S/C59H38N2S/c1-5-18-40(19-6-1)51-38-52(61-58(60-51)42-20-7-2-8-21-42)41-34-32-39(33-35-41)45-36-37-54-57(47-27-14-16-31-53(47)62-54)56(45)48-28-17-30-50-55(48)46-26-13-15-29-49(46)59(50,43-22-9-3-10-23-43)44-24-11-4-12-25-44/h1-38H. The number of nitrogens with zero attached hydrogens (tertiary/aromatic N) is 2. The van der Waals surface area contributed by atoms with Gasteiger partial charge in [-0.3, -0.25) is 0 Å². The average Bonchev–Trinajstić information content (AvgIpc) is 3.89. The molecule has 2 aromatic heterocycles. The molecule has 0 fully saturated rings. The number of rotatable bonds is 7. The quantitative estimate of drug-likeness (QED) is 0.160. The molecule has 2 nitrogen and oxygen atoms in total. The molecule has 0 amide bonds. The monoisotopic (exact) mass is 806 g/mol. The van der Waals surface area contributed by atoms with Crippen LogP contribution in [-0.4, -0.2) is 9.97 Å². The van der Waals surface area contributed by atoms with Crippen LogP contribution in [0.2, 0.25) is 0 Å². The molecular formula is C59H38N2S. The number of thiophene rings is 1. The smallest absolute Gasteiger partial charge is 0.160 e. The molecule has 3 heteroatoms. The predicted molar refractivity (Wildman–Crippen MR) is 259 cm³/mol. The zero-order chi connectivity index (χ0) is 41.0. The van der Waals surface area contributed by atoms with Gasteiger partial charge in [-0.25, -0.2) is 9.97 Å². The zero-order valence-corrected chi connectivity index (χ0v) is 34.6. The molecule has 0 saturated carbocycles. The molecule has 0 spiro atoms. The molecule has 0 atom stereocenters. The third kappa shape index (κ3) is 5.70. The molecule has 2 heterocycles. The van der Waals surface area contributed by atoms with Crippen LogP contribution in [-0.2, 0) is 5.41 Å². The van der Waals surface area contributed by atoms with Gasteiger partial charge < -0.3 is 0 Å². The minimum Gasteiger partial charge on any atom is -0.228 e. The van der Waals surface area contributed by atoms with Crippen LogP contribution in [0.15, 0.2) is 231 Å². The number of fused-ring (bicyclic) bond motifs is 6. The van der Waals surface area contributed by atoms with Gasteiger partial charge in [-0.2, -0.15) is 0 Å². The van der Waals surface area contributed by atoms with Crippen molar-refractivity contribution < 1.29 is 0 Å². The highest BCUT2D eigenvalue weighted by molar-refractivity contribution is 7.26. The normalized spacial score (nSPS) is 12.6. The lowest BCUT2D eigenvalue weighted by molar-refractivity contribution is 0.768. The van der Waals surface area contributed by atoms with Gasteiger partial charge in [0.1, 0.15) is 0 Å². The first-order chi connectivity index (χ1) is 30.8. The van der Waals surface area contributed by atoms with Gasteiger partial charge in [0.15, 0.2) is 5.82 Å². The third-order valence-corrected chi connectivity index (χ3v) is 13.8. The van der Waals surface area contributed by atoms with E-state index in [1.54, 1.807) is 0 Å². The molecule has 12 rings (SSSR count). The second-order valence-electron chi connectivity index (χ2n) is 16.0. The van der Waals surface area contributed by atoms with E-state index < -0.39 is 5.41 Å². The zero-order valence-electron chi connectivity index (χ0n) is 33.7. The molecule has 62 heavy (non-hydrogen) atoms. The number of hydrogen-bond acceptors (Lipinski definition) is 3. The van der Waals surface area contributed by atoms with E-state index in [9.17, 15) is 0 Å². The van der Waals surface area contributed by atoms with Crippen LogP contribution in [0.4, 0.5) is 0 Å². The van der Waals surface area contributed by atoms with Gasteiger partial charge in [0.25, 0.3) is 0 Å². The molecule has 0 bridgehead atoms. The van der Waals surface area contributed by atoms with Gasteiger partial charge in [-0.1, -0.05) is 212 Å². The lowest BCUT2D eigenvalue weighted by Gasteiger charge is -2.34. The SMILES string of the molecule is c1ccc(-c2cc(-c3ccc(-c4ccc5sc6ccccc6c5c4-c4cccc5c4-c4ccccc4C5(c4ccccc4)c4ccccc4)cc3)nc(-c3ccccc3)n2)cc1. The summed E-state index contributed by atoms with van der Waals surface area (Å²) in [5.41, 5.74) is 17.0. The van der Waals surface area contributed by atoms with Gasteiger partial charge >= 0.3 is 0 Å².